The van der Waals surface area contributed by atoms with Crippen molar-refractivity contribution in [3.8, 4) is 0 Å². The van der Waals surface area contributed by atoms with Crippen molar-refractivity contribution in [3.63, 3.8) is 0 Å². The molecule has 4 nitrogen and oxygen atoms in total. The molecule has 0 aliphatic carbocycles. The number of carbonyl (C=O) groups excluding carboxylic acids is 1. The Balaban J connectivity index is 2.44. The van der Waals surface area contributed by atoms with E-state index in [0.717, 1.165) is 25.9 Å². The highest BCUT2D eigenvalue weighted by Crippen LogP contribution is 2.11. The summed E-state index contributed by atoms with van der Waals surface area (Å²) >= 11 is 0. The number of nitrogens with one attached hydrogen (secondary N) is 1. The van der Waals surface area contributed by atoms with Crippen LogP contribution in [0.3, 0.4) is 0 Å². The molecule has 0 aromatic carbocycles. The van der Waals surface area contributed by atoms with E-state index in [1.54, 1.807) is 0 Å². The lowest BCUT2D eigenvalue weighted by Gasteiger charge is -2.31. The molecule has 2 N–H and O–H groups in total. The van der Waals surface area contributed by atoms with Gasteiger partial charge in [-0.1, -0.05) is 13.8 Å². The number of nitrogens with zero attached hydrogens (tertiary/aromatic N) is 1. The molecule has 1 aliphatic rings. The molecule has 0 saturated carbocycles. The average Bonchev–Trinajstić information content (AvgIpc) is 2.35. The summed E-state index contributed by atoms with van der Waals surface area (Å²) in [4.78, 5) is 14.1. The van der Waals surface area contributed by atoms with E-state index in [-0.39, 0.29) is 24.6 Å². The van der Waals surface area contributed by atoms with Crippen molar-refractivity contribution in [1.29, 1.82) is 0 Å². The van der Waals surface area contributed by atoms with Crippen LogP contribution in [0.25, 0.3) is 0 Å². The highest BCUT2D eigenvalue weighted by molar-refractivity contribution is 5.81. The summed E-state index contributed by atoms with van der Waals surface area (Å²) in [5.74, 6) is 0.500. The van der Waals surface area contributed by atoms with Gasteiger partial charge >= 0.3 is 0 Å². The summed E-state index contributed by atoms with van der Waals surface area (Å²) in [5, 5.41) is 12.5. The van der Waals surface area contributed by atoms with Crippen LogP contribution in [0.5, 0.6) is 0 Å². The van der Waals surface area contributed by atoms with E-state index in [1.807, 2.05) is 25.7 Å². The summed E-state index contributed by atoms with van der Waals surface area (Å²) in [7, 11) is 0. The van der Waals surface area contributed by atoms with E-state index in [4.69, 9.17) is 0 Å². The Morgan fingerprint density at radius 3 is 2.29 bits per heavy atom. The fourth-order valence-electron chi connectivity index (χ4n) is 2.24. The predicted molar refractivity (Wildman–Crippen MR) is 68.7 cm³/mol. The fourth-order valence-corrected chi connectivity index (χ4v) is 2.24. The monoisotopic (exact) mass is 242 g/mol. The van der Waals surface area contributed by atoms with Gasteiger partial charge in [0.2, 0.25) is 5.91 Å². The van der Waals surface area contributed by atoms with Crippen LogP contribution in [0.15, 0.2) is 0 Å². The third-order valence-corrected chi connectivity index (χ3v) is 3.50. The zero-order valence-electron chi connectivity index (χ0n) is 11.3. The van der Waals surface area contributed by atoms with Gasteiger partial charge in [0.05, 0.1) is 12.6 Å². The van der Waals surface area contributed by atoms with E-state index in [9.17, 15) is 9.90 Å². The summed E-state index contributed by atoms with van der Waals surface area (Å²) in [6.07, 6.45) is 3.47. The van der Waals surface area contributed by atoms with Crippen molar-refractivity contribution < 1.29 is 9.90 Å². The molecule has 0 spiro atoms. The number of likely N-dealkylation sites (tertiary alicyclic amines) is 1. The smallest absolute Gasteiger partial charge is 0.239 e. The lowest BCUT2D eigenvalue weighted by Crippen LogP contribution is -2.51. The Hall–Kier alpha value is -0.610. The van der Waals surface area contributed by atoms with Crippen LogP contribution in [-0.4, -0.2) is 47.7 Å². The zero-order valence-corrected chi connectivity index (χ0v) is 11.3. The van der Waals surface area contributed by atoms with E-state index in [1.165, 1.54) is 6.42 Å². The first kappa shape index (κ1) is 14.5. The van der Waals surface area contributed by atoms with Crippen molar-refractivity contribution in [1.82, 2.24) is 10.2 Å². The molecule has 0 bridgehead atoms. The topological polar surface area (TPSA) is 52.6 Å². The van der Waals surface area contributed by atoms with Gasteiger partial charge in [0.1, 0.15) is 0 Å². The highest BCUT2D eigenvalue weighted by atomic mass is 16.3. The Kier molecular flexibility index (Phi) is 5.92. The largest absolute Gasteiger partial charge is 0.395 e. The number of hydrogen-bond acceptors (Lipinski definition) is 3. The number of carbonyl (C=O) groups is 1. The van der Waals surface area contributed by atoms with Crippen LogP contribution in [0, 0.1) is 5.92 Å². The highest BCUT2D eigenvalue weighted by Gasteiger charge is 2.24. The third-order valence-electron chi connectivity index (χ3n) is 3.50. The summed E-state index contributed by atoms with van der Waals surface area (Å²) in [5.41, 5.74) is 0. The number of aliphatic hydroxyl groups is 1. The minimum atomic E-state index is -0.201. The second-order valence-electron chi connectivity index (χ2n) is 5.31. The summed E-state index contributed by atoms with van der Waals surface area (Å²) in [6, 6.07) is -0.202. The van der Waals surface area contributed by atoms with Gasteiger partial charge in [-0.05, 0) is 32.1 Å². The lowest BCUT2D eigenvalue weighted by molar-refractivity contribution is -0.134. The first-order valence-corrected chi connectivity index (χ1v) is 6.72. The van der Waals surface area contributed by atoms with Crippen LogP contribution in [0.4, 0.5) is 0 Å². The number of rotatable bonds is 5. The van der Waals surface area contributed by atoms with Crippen LogP contribution in [0.2, 0.25) is 0 Å². The minimum absolute atomic E-state index is 0.00117. The molecule has 100 valence electrons. The molecule has 1 aliphatic heterocycles. The van der Waals surface area contributed by atoms with Gasteiger partial charge in [0.25, 0.3) is 0 Å². The van der Waals surface area contributed by atoms with Crippen molar-refractivity contribution in [2.45, 2.75) is 52.1 Å². The van der Waals surface area contributed by atoms with Gasteiger partial charge in [-0.3, -0.25) is 4.79 Å². The van der Waals surface area contributed by atoms with E-state index in [2.05, 4.69) is 5.32 Å². The lowest BCUT2D eigenvalue weighted by atomic mass is 10.0. The van der Waals surface area contributed by atoms with E-state index < -0.39 is 0 Å². The van der Waals surface area contributed by atoms with Crippen molar-refractivity contribution in [2.75, 3.05) is 19.7 Å². The second kappa shape index (κ2) is 6.97. The van der Waals surface area contributed by atoms with Crippen LogP contribution in [0.1, 0.15) is 40.0 Å². The summed E-state index contributed by atoms with van der Waals surface area (Å²) < 4.78 is 0. The number of amides is 1. The molecule has 1 saturated heterocycles. The van der Waals surface area contributed by atoms with Crippen molar-refractivity contribution in [3.05, 3.63) is 0 Å². The Bertz CT molecular complexity index is 238. The summed E-state index contributed by atoms with van der Waals surface area (Å²) in [6.45, 7) is 7.84. The molecular weight excluding hydrogens is 216 g/mol. The van der Waals surface area contributed by atoms with Crippen molar-refractivity contribution >= 4 is 5.91 Å². The molecule has 0 radical (unpaired) electrons. The molecule has 17 heavy (non-hydrogen) atoms. The van der Waals surface area contributed by atoms with Gasteiger partial charge < -0.3 is 15.3 Å². The maximum absolute atomic E-state index is 12.2. The first-order valence-electron chi connectivity index (χ1n) is 6.72. The van der Waals surface area contributed by atoms with Crippen LogP contribution >= 0.6 is 0 Å². The standard InChI is InChI=1S/C13H26N2O2/c1-10(2)12(9-16)14-11(3)13(17)15-7-5-4-6-8-15/h10-12,14,16H,4-9H2,1-3H3. The van der Waals surface area contributed by atoms with Gasteiger partial charge in [-0.15, -0.1) is 0 Å². The predicted octanol–water partition coefficient (Wildman–Crippen LogP) is 0.994. The van der Waals surface area contributed by atoms with Crippen molar-refractivity contribution in [2.24, 2.45) is 5.92 Å². The molecule has 2 unspecified atom stereocenters. The molecule has 1 fully saturated rings. The zero-order chi connectivity index (χ0) is 12.8. The first-order chi connectivity index (χ1) is 8.06. The van der Waals surface area contributed by atoms with Gasteiger partial charge in [-0.25, -0.2) is 0 Å². The number of piperidine rings is 1. The number of hydrogen-bond donors (Lipinski definition) is 2. The van der Waals surface area contributed by atoms with Crippen LogP contribution in [-0.2, 0) is 4.79 Å². The normalized spacial score (nSPS) is 20.4. The molecule has 1 amide bonds. The molecule has 1 rings (SSSR count). The Morgan fingerprint density at radius 2 is 1.82 bits per heavy atom. The maximum atomic E-state index is 12.2. The SMILES string of the molecule is CC(NC(CO)C(C)C)C(=O)N1CCCCC1. The molecule has 4 heteroatoms. The fraction of sp³-hybridized carbons (Fsp3) is 0.923. The Morgan fingerprint density at radius 1 is 1.24 bits per heavy atom. The average molecular weight is 242 g/mol. The van der Waals surface area contributed by atoms with Gasteiger partial charge in [-0.2, -0.15) is 0 Å². The number of aliphatic hydroxyl groups excluding tert-OH is 1. The quantitative estimate of drug-likeness (QED) is 0.756. The molecule has 0 aromatic heterocycles. The molecule has 0 aromatic rings. The minimum Gasteiger partial charge on any atom is -0.395 e. The maximum Gasteiger partial charge on any atom is 0.239 e. The van der Waals surface area contributed by atoms with Gasteiger partial charge in [0, 0.05) is 19.1 Å². The van der Waals surface area contributed by atoms with Gasteiger partial charge in [0.15, 0.2) is 0 Å². The Labute approximate surface area is 104 Å². The third kappa shape index (κ3) is 4.28. The molecule has 1 heterocycles. The van der Waals surface area contributed by atoms with E-state index in [0.29, 0.717) is 5.92 Å². The molecular formula is C13H26N2O2. The van der Waals surface area contributed by atoms with E-state index >= 15 is 0 Å². The van der Waals surface area contributed by atoms with Crippen LogP contribution < -0.4 is 5.32 Å². The molecule has 2 atom stereocenters. The second-order valence-corrected chi connectivity index (χ2v) is 5.31.